The van der Waals surface area contributed by atoms with E-state index >= 15 is 0 Å². The Hall–Kier alpha value is -2.47. The molecular weight excluding hydrogens is 338 g/mol. The number of hydrogen-bond donors (Lipinski definition) is 0. The molecule has 27 heavy (non-hydrogen) atoms. The van der Waals surface area contributed by atoms with Crippen LogP contribution in [0.15, 0.2) is 42.7 Å². The molecule has 1 amide bonds. The zero-order chi connectivity index (χ0) is 18.6. The van der Waals surface area contributed by atoms with Crippen LogP contribution in [0.4, 0.5) is 5.95 Å². The van der Waals surface area contributed by atoms with Crippen LogP contribution in [0.25, 0.3) is 0 Å². The first-order valence-electron chi connectivity index (χ1n) is 9.80. The Morgan fingerprint density at radius 1 is 1.11 bits per heavy atom. The average molecular weight is 365 g/mol. The van der Waals surface area contributed by atoms with E-state index in [2.05, 4.69) is 51.1 Å². The minimum Gasteiger partial charge on any atom is -0.339 e. The van der Waals surface area contributed by atoms with Gasteiger partial charge in [-0.05, 0) is 37.1 Å². The van der Waals surface area contributed by atoms with E-state index in [9.17, 15) is 4.79 Å². The standard InChI is InChI=1S/C21H27N5O/c1-24(19-8-7-17-5-2-3-6-18(17)19)12-9-20(27)25-13-15-26(16-14-25)21-22-10-4-11-23-21/h2-6,10-11,19H,7-9,12-16H2,1H3/t19-/m0/s1. The number of amides is 1. The number of carbonyl (C=O) groups is 1. The van der Waals surface area contributed by atoms with Crippen LogP contribution in [-0.4, -0.2) is 65.4 Å². The van der Waals surface area contributed by atoms with Crippen LogP contribution in [0.2, 0.25) is 0 Å². The van der Waals surface area contributed by atoms with Crippen molar-refractivity contribution < 1.29 is 4.79 Å². The monoisotopic (exact) mass is 365 g/mol. The van der Waals surface area contributed by atoms with Gasteiger partial charge in [0.15, 0.2) is 0 Å². The number of aryl methyl sites for hydroxylation is 1. The molecule has 1 aliphatic carbocycles. The lowest BCUT2D eigenvalue weighted by atomic mass is 10.1. The lowest BCUT2D eigenvalue weighted by Gasteiger charge is -2.35. The second kappa shape index (κ2) is 8.05. The Morgan fingerprint density at radius 3 is 2.63 bits per heavy atom. The van der Waals surface area contributed by atoms with Gasteiger partial charge in [-0.15, -0.1) is 0 Å². The molecular formula is C21H27N5O. The summed E-state index contributed by atoms with van der Waals surface area (Å²) in [5.74, 6) is 1.01. The van der Waals surface area contributed by atoms with E-state index in [4.69, 9.17) is 0 Å². The first-order valence-corrected chi connectivity index (χ1v) is 9.80. The largest absolute Gasteiger partial charge is 0.339 e. The number of carbonyl (C=O) groups excluding carboxylic acids is 1. The summed E-state index contributed by atoms with van der Waals surface area (Å²) < 4.78 is 0. The summed E-state index contributed by atoms with van der Waals surface area (Å²) in [7, 11) is 2.14. The molecule has 1 aliphatic heterocycles. The molecule has 0 N–H and O–H groups in total. The summed E-state index contributed by atoms with van der Waals surface area (Å²) in [6.45, 7) is 3.88. The van der Waals surface area contributed by atoms with Gasteiger partial charge < -0.3 is 9.80 Å². The van der Waals surface area contributed by atoms with Gasteiger partial charge in [-0.2, -0.15) is 0 Å². The molecule has 0 radical (unpaired) electrons. The van der Waals surface area contributed by atoms with Crippen LogP contribution >= 0.6 is 0 Å². The van der Waals surface area contributed by atoms with Crippen molar-refractivity contribution >= 4 is 11.9 Å². The number of fused-ring (bicyclic) bond motifs is 1. The number of nitrogens with zero attached hydrogens (tertiary/aromatic N) is 5. The summed E-state index contributed by atoms with van der Waals surface area (Å²) in [6.07, 6.45) is 6.40. The minimum atomic E-state index is 0.252. The smallest absolute Gasteiger partial charge is 0.225 e. The molecule has 2 heterocycles. The highest BCUT2D eigenvalue weighted by Crippen LogP contribution is 2.34. The van der Waals surface area contributed by atoms with E-state index in [1.165, 1.54) is 11.1 Å². The van der Waals surface area contributed by atoms with Crippen LogP contribution in [0.5, 0.6) is 0 Å². The second-order valence-corrected chi connectivity index (χ2v) is 7.40. The summed E-state index contributed by atoms with van der Waals surface area (Å²) >= 11 is 0. The third kappa shape index (κ3) is 3.95. The highest BCUT2D eigenvalue weighted by atomic mass is 16.2. The zero-order valence-electron chi connectivity index (χ0n) is 15.9. The highest BCUT2D eigenvalue weighted by molar-refractivity contribution is 5.76. The van der Waals surface area contributed by atoms with Gasteiger partial charge in [-0.3, -0.25) is 9.69 Å². The molecule has 1 aromatic heterocycles. The summed E-state index contributed by atoms with van der Waals surface area (Å²) in [4.78, 5) is 27.7. The number of rotatable bonds is 5. The predicted octanol–water partition coefficient (Wildman–Crippen LogP) is 2.13. The van der Waals surface area contributed by atoms with Crippen LogP contribution < -0.4 is 4.90 Å². The number of anilines is 1. The van der Waals surface area contributed by atoms with Gasteiger partial charge in [-0.25, -0.2) is 9.97 Å². The van der Waals surface area contributed by atoms with E-state index in [1.54, 1.807) is 12.4 Å². The Bertz CT molecular complexity index is 773. The summed E-state index contributed by atoms with van der Waals surface area (Å²) in [6, 6.07) is 11.0. The van der Waals surface area contributed by atoms with E-state index < -0.39 is 0 Å². The molecule has 1 atom stereocenters. The molecule has 1 aromatic carbocycles. The van der Waals surface area contributed by atoms with Crippen molar-refractivity contribution in [2.45, 2.75) is 25.3 Å². The molecule has 0 bridgehead atoms. The number of piperazine rings is 1. The maximum atomic E-state index is 12.7. The molecule has 4 rings (SSSR count). The maximum Gasteiger partial charge on any atom is 0.225 e. The van der Waals surface area contributed by atoms with Gasteiger partial charge in [0, 0.05) is 57.6 Å². The predicted molar refractivity (Wildman–Crippen MR) is 106 cm³/mol. The van der Waals surface area contributed by atoms with E-state index in [0.717, 1.165) is 51.5 Å². The van der Waals surface area contributed by atoms with Crippen molar-refractivity contribution in [3.05, 3.63) is 53.9 Å². The highest BCUT2D eigenvalue weighted by Gasteiger charge is 2.27. The molecule has 2 aromatic rings. The molecule has 142 valence electrons. The molecule has 2 aliphatic rings. The third-order valence-electron chi connectivity index (χ3n) is 5.78. The van der Waals surface area contributed by atoms with Gasteiger partial charge in [0.25, 0.3) is 0 Å². The Labute approximate surface area is 160 Å². The normalized spacial score (nSPS) is 19.4. The van der Waals surface area contributed by atoms with Gasteiger partial charge in [0.2, 0.25) is 11.9 Å². The fourth-order valence-electron chi connectivity index (χ4n) is 4.19. The van der Waals surface area contributed by atoms with E-state index in [0.29, 0.717) is 12.5 Å². The molecule has 1 fully saturated rings. The SMILES string of the molecule is CN(CCC(=O)N1CCN(c2ncccn2)CC1)[C@H]1CCc2ccccc21. The zero-order valence-corrected chi connectivity index (χ0v) is 15.9. The van der Waals surface area contributed by atoms with Gasteiger partial charge >= 0.3 is 0 Å². The molecule has 0 spiro atoms. The first kappa shape index (κ1) is 17.9. The fourth-order valence-corrected chi connectivity index (χ4v) is 4.19. The molecule has 1 saturated heterocycles. The van der Waals surface area contributed by atoms with Crippen LogP contribution in [0.1, 0.15) is 30.0 Å². The fraction of sp³-hybridized carbons (Fsp3) is 0.476. The Balaban J connectivity index is 1.26. The van der Waals surface area contributed by atoms with Crippen molar-refractivity contribution in [3.63, 3.8) is 0 Å². The molecule has 6 heteroatoms. The first-order chi connectivity index (χ1) is 13.2. The second-order valence-electron chi connectivity index (χ2n) is 7.40. The third-order valence-corrected chi connectivity index (χ3v) is 5.78. The van der Waals surface area contributed by atoms with Crippen molar-refractivity contribution in [2.75, 3.05) is 44.7 Å². The topological polar surface area (TPSA) is 52.6 Å². The quantitative estimate of drug-likeness (QED) is 0.813. The average Bonchev–Trinajstić information content (AvgIpc) is 3.17. The van der Waals surface area contributed by atoms with Crippen molar-refractivity contribution in [1.82, 2.24) is 19.8 Å². The van der Waals surface area contributed by atoms with Crippen molar-refractivity contribution in [2.24, 2.45) is 0 Å². The lowest BCUT2D eigenvalue weighted by Crippen LogP contribution is -2.49. The maximum absolute atomic E-state index is 12.7. The number of benzene rings is 1. The molecule has 0 unspecified atom stereocenters. The van der Waals surface area contributed by atoms with Crippen molar-refractivity contribution in [3.8, 4) is 0 Å². The summed E-state index contributed by atoms with van der Waals surface area (Å²) in [5, 5.41) is 0. The van der Waals surface area contributed by atoms with Crippen LogP contribution in [-0.2, 0) is 11.2 Å². The van der Waals surface area contributed by atoms with Crippen LogP contribution in [0, 0.1) is 0 Å². The van der Waals surface area contributed by atoms with Crippen LogP contribution in [0.3, 0.4) is 0 Å². The summed E-state index contributed by atoms with van der Waals surface area (Å²) in [5.41, 5.74) is 2.89. The van der Waals surface area contributed by atoms with E-state index in [-0.39, 0.29) is 5.91 Å². The molecule has 0 saturated carbocycles. The molecule has 6 nitrogen and oxygen atoms in total. The number of aromatic nitrogens is 2. The van der Waals surface area contributed by atoms with Gasteiger partial charge in [-0.1, -0.05) is 24.3 Å². The minimum absolute atomic E-state index is 0.252. The van der Waals surface area contributed by atoms with Crippen molar-refractivity contribution in [1.29, 1.82) is 0 Å². The Morgan fingerprint density at radius 2 is 1.85 bits per heavy atom. The van der Waals surface area contributed by atoms with Gasteiger partial charge in [0.1, 0.15) is 0 Å². The lowest BCUT2D eigenvalue weighted by molar-refractivity contribution is -0.131. The van der Waals surface area contributed by atoms with E-state index in [1.807, 2.05) is 11.0 Å². The van der Waals surface area contributed by atoms with Gasteiger partial charge in [0.05, 0.1) is 0 Å². The number of hydrogen-bond acceptors (Lipinski definition) is 5. The Kier molecular flexibility index (Phi) is 5.34.